The molecular formula is C21H26FN3O3. The number of nitrogens with one attached hydrogen (secondary N) is 2. The molecule has 7 heteroatoms. The second-order valence-electron chi connectivity index (χ2n) is 8.52. The van der Waals surface area contributed by atoms with Crippen molar-refractivity contribution in [2.24, 2.45) is 17.8 Å². The maximum atomic E-state index is 14.1. The van der Waals surface area contributed by atoms with Crippen LogP contribution in [-0.4, -0.2) is 35.2 Å². The Labute approximate surface area is 163 Å². The van der Waals surface area contributed by atoms with E-state index in [0.29, 0.717) is 24.2 Å². The standard InChI is InChI=1S/C21H26FN3O3/c1-4-5-8-25-18(26)16-15(9-11(2)3)24-21(17(16)19(25)27)13-10-12(22)6-7-14(13)23-20(21)28/h6-7,10-11,15-17,24H,4-5,8-9H2,1-3H3,(H,23,28)/t15-,16+,17-,21-/m0/s1. The predicted molar refractivity (Wildman–Crippen MR) is 102 cm³/mol. The molecule has 6 nitrogen and oxygen atoms in total. The van der Waals surface area contributed by atoms with E-state index in [4.69, 9.17) is 0 Å². The molecule has 150 valence electrons. The third-order valence-corrected chi connectivity index (χ3v) is 6.23. The van der Waals surface area contributed by atoms with Gasteiger partial charge in [-0.3, -0.25) is 24.6 Å². The molecule has 4 atom stereocenters. The Kier molecular flexibility index (Phi) is 4.53. The van der Waals surface area contributed by atoms with Gasteiger partial charge in [-0.2, -0.15) is 0 Å². The molecule has 2 saturated heterocycles. The van der Waals surface area contributed by atoms with E-state index in [1.807, 2.05) is 20.8 Å². The maximum absolute atomic E-state index is 14.1. The molecule has 1 spiro atoms. The number of carbonyl (C=O) groups is 3. The van der Waals surface area contributed by atoms with Crippen molar-refractivity contribution in [1.82, 2.24) is 10.2 Å². The molecule has 0 saturated carbocycles. The van der Waals surface area contributed by atoms with Gasteiger partial charge in [-0.1, -0.05) is 27.2 Å². The first-order chi connectivity index (χ1) is 13.3. The largest absolute Gasteiger partial charge is 0.324 e. The van der Waals surface area contributed by atoms with E-state index >= 15 is 0 Å². The van der Waals surface area contributed by atoms with Gasteiger partial charge in [0.05, 0.1) is 11.8 Å². The molecule has 1 aromatic rings. The lowest BCUT2D eigenvalue weighted by molar-refractivity contribution is -0.142. The fourth-order valence-electron chi connectivity index (χ4n) is 5.08. The lowest BCUT2D eigenvalue weighted by Gasteiger charge is -2.29. The highest BCUT2D eigenvalue weighted by molar-refractivity contribution is 6.15. The fraction of sp³-hybridized carbons (Fsp3) is 0.571. The second kappa shape index (κ2) is 6.65. The number of nitrogens with zero attached hydrogens (tertiary/aromatic N) is 1. The topological polar surface area (TPSA) is 78.5 Å². The third-order valence-electron chi connectivity index (χ3n) is 6.23. The van der Waals surface area contributed by atoms with E-state index in [0.717, 1.165) is 12.8 Å². The number of hydrogen-bond acceptors (Lipinski definition) is 4. The zero-order valence-electron chi connectivity index (χ0n) is 16.4. The Morgan fingerprint density at radius 2 is 1.96 bits per heavy atom. The quantitative estimate of drug-likeness (QED) is 0.761. The Bertz CT molecular complexity index is 855. The van der Waals surface area contributed by atoms with Crippen LogP contribution in [0.3, 0.4) is 0 Å². The van der Waals surface area contributed by atoms with Crippen LogP contribution in [0.25, 0.3) is 0 Å². The van der Waals surface area contributed by atoms with Gasteiger partial charge in [-0.25, -0.2) is 4.39 Å². The first kappa shape index (κ1) is 19.1. The summed E-state index contributed by atoms with van der Waals surface area (Å²) >= 11 is 0. The van der Waals surface area contributed by atoms with Gasteiger partial charge in [0.2, 0.25) is 17.7 Å². The first-order valence-electron chi connectivity index (χ1n) is 10.1. The average Bonchev–Trinajstić information content (AvgIpc) is 3.19. The van der Waals surface area contributed by atoms with E-state index < -0.39 is 23.2 Å². The van der Waals surface area contributed by atoms with Crippen LogP contribution in [0.2, 0.25) is 0 Å². The number of fused-ring (bicyclic) bond motifs is 4. The molecular weight excluding hydrogens is 361 g/mol. The number of likely N-dealkylation sites (tertiary alicyclic amines) is 1. The van der Waals surface area contributed by atoms with Gasteiger partial charge in [0.1, 0.15) is 11.4 Å². The molecule has 0 aromatic heterocycles. The highest BCUT2D eigenvalue weighted by Crippen LogP contribution is 2.53. The predicted octanol–water partition coefficient (Wildman–Crippen LogP) is 2.39. The molecule has 3 heterocycles. The van der Waals surface area contributed by atoms with Crippen molar-refractivity contribution in [3.05, 3.63) is 29.6 Å². The molecule has 3 aliphatic rings. The van der Waals surface area contributed by atoms with Crippen molar-refractivity contribution in [2.75, 3.05) is 11.9 Å². The number of halogens is 1. The van der Waals surface area contributed by atoms with Crippen molar-refractivity contribution < 1.29 is 18.8 Å². The number of amides is 3. The van der Waals surface area contributed by atoms with E-state index in [1.54, 1.807) is 0 Å². The lowest BCUT2D eigenvalue weighted by Crippen LogP contribution is -2.53. The summed E-state index contributed by atoms with van der Waals surface area (Å²) in [7, 11) is 0. The number of anilines is 1. The molecule has 3 amide bonds. The summed E-state index contributed by atoms with van der Waals surface area (Å²) in [5, 5.41) is 6.11. The Morgan fingerprint density at radius 1 is 1.21 bits per heavy atom. The molecule has 2 N–H and O–H groups in total. The summed E-state index contributed by atoms with van der Waals surface area (Å²) in [4.78, 5) is 41.0. The molecule has 0 aliphatic carbocycles. The zero-order valence-corrected chi connectivity index (χ0v) is 16.4. The number of rotatable bonds is 5. The van der Waals surface area contributed by atoms with Gasteiger partial charge in [0.25, 0.3) is 0 Å². The highest BCUT2D eigenvalue weighted by Gasteiger charge is 2.70. The van der Waals surface area contributed by atoms with Crippen LogP contribution in [0.5, 0.6) is 0 Å². The average molecular weight is 387 g/mol. The summed E-state index contributed by atoms with van der Waals surface area (Å²) in [6, 6.07) is 3.79. The summed E-state index contributed by atoms with van der Waals surface area (Å²) in [5.41, 5.74) is -0.470. The van der Waals surface area contributed by atoms with Crippen molar-refractivity contribution in [3.63, 3.8) is 0 Å². The third kappa shape index (κ3) is 2.52. The summed E-state index contributed by atoms with van der Waals surface area (Å²) in [6.07, 6.45) is 2.24. The van der Waals surface area contributed by atoms with Crippen LogP contribution in [0.15, 0.2) is 18.2 Å². The molecule has 0 unspecified atom stereocenters. The number of hydrogen-bond donors (Lipinski definition) is 2. The smallest absolute Gasteiger partial charge is 0.250 e. The minimum absolute atomic E-state index is 0.212. The SMILES string of the molecule is CCCCN1C(=O)[C@@H]2[C@H](CC(C)C)N[C@]3(C(=O)Nc4ccc(F)cc43)[C@@H]2C1=O. The minimum Gasteiger partial charge on any atom is -0.324 e. The number of carbonyl (C=O) groups excluding carboxylic acids is 3. The molecule has 28 heavy (non-hydrogen) atoms. The van der Waals surface area contributed by atoms with Crippen LogP contribution >= 0.6 is 0 Å². The number of imide groups is 1. The van der Waals surface area contributed by atoms with E-state index in [2.05, 4.69) is 10.6 Å². The Balaban J connectivity index is 1.84. The van der Waals surface area contributed by atoms with Crippen molar-refractivity contribution in [2.45, 2.75) is 51.6 Å². The van der Waals surface area contributed by atoms with Crippen molar-refractivity contribution in [1.29, 1.82) is 0 Å². The highest BCUT2D eigenvalue weighted by atomic mass is 19.1. The van der Waals surface area contributed by atoms with Crippen LogP contribution < -0.4 is 10.6 Å². The summed E-state index contributed by atoms with van der Waals surface area (Å²) in [5.74, 6) is -2.56. The molecule has 4 rings (SSSR count). The second-order valence-corrected chi connectivity index (χ2v) is 8.52. The number of benzene rings is 1. The van der Waals surface area contributed by atoms with Crippen LogP contribution in [-0.2, 0) is 19.9 Å². The van der Waals surface area contributed by atoms with Gasteiger partial charge in [0, 0.05) is 23.8 Å². The van der Waals surface area contributed by atoms with Gasteiger partial charge >= 0.3 is 0 Å². The monoisotopic (exact) mass is 387 g/mol. The Hall–Kier alpha value is -2.28. The fourth-order valence-corrected chi connectivity index (χ4v) is 5.08. The molecule has 3 aliphatic heterocycles. The van der Waals surface area contributed by atoms with Crippen molar-refractivity contribution >= 4 is 23.4 Å². The lowest BCUT2D eigenvalue weighted by atomic mass is 9.76. The van der Waals surface area contributed by atoms with Crippen LogP contribution in [0, 0.1) is 23.6 Å². The number of unbranched alkanes of at least 4 members (excludes halogenated alkanes) is 1. The van der Waals surface area contributed by atoms with Gasteiger partial charge < -0.3 is 5.32 Å². The minimum atomic E-state index is -1.39. The summed E-state index contributed by atoms with van der Waals surface area (Å²) < 4.78 is 14.1. The molecule has 2 fully saturated rings. The van der Waals surface area contributed by atoms with E-state index in [1.165, 1.54) is 23.1 Å². The zero-order chi connectivity index (χ0) is 20.2. The maximum Gasteiger partial charge on any atom is 0.250 e. The summed E-state index contributed by atoms with van der Waals surface area (Å²) in [6.45, 7) is 6.45. The molecule has 1 aromatic carbocycles. The van der Waals surface area contributed by atoms with Crippen LogP contribution in [0.1, 0.15) is 45.6 Å². The molecule has 0 radical (unpaired) electrons. The van der Waals surface area contributed by atoms with Crippen molar-refractivity contribution in [3.8, 4) is 0 Å². The van der Waals surface area contributed by atoms with E-state index in [-0.39, 0.29) is 29.7 Å². The van der Waals surface area contributed by atoms with Gasteiger partial charge in [-0.15, -0.1) is 0 Å². The van der Waals surface area contributed by atoms with Gasteiger partial charge in [0.15, 0.2) is 0 Å². The van der Waals surface area contributed by atoms with Crippen LogP contribution in [0.4, 0.5) is 10.1 Å². The Morgan fingerprint density at radius 3 is 2.64 bits per heavy atom. The first-order valence-corrected chi connectivity index (χ1v) is 10.1. The van der Waals surface area contributed by atoms with E-state index in [9.17, 15) is 18.8 Å². The normalized spacial score (nSPS) is 31.1. The van der Waals surface area contributed by atoms with Gasteiger partial charge in [-0.05, 0) is 37.0 Å². The molecule has 0 bridgehead atoms.